The zero-order chi connectivity index (χ0) is 52.9. The number of hydrogen-bond acceptors (Lipinski definition) is 12. The van der Waals surface area contributed by atoms with Crippen molar-refractivity contribution in [2.24, 2.45) is 0 Å². The Hall–Kier alpha value is -4.73. The van der Waals surface area contributed by atoms with Crippen LogP contribution in [0, 0.1) is 17.4 Å². The monoisotopic (exact) mass is 1210 g/mol. The highest BCUT2D eigenvalue weighted by Crippen LogP contribution is 2.40. The first-order chi connectivity index (χ1) is 34.0. The zero-order valence-electron chi connectivity index (χ0n) is 39.7. The molecule has 4 aromatic carbocycles. The van der Waals surface area contributed by atoms with Crippen molar-refractivity contribution in [3.63, 3.8) is 0 Å². The molecule has 0 bridgehead atoms. The normalized spacial score (nSPS) is 12.2. The lowest BCUT2D eigenvalue weighted by Gasteiger charge is -2.20. The second-order valence-electron chi connectivity index (χ2n) is 15.8. The quantitative estimate of drug-likeness (QED) is 0.0778. The smallest absolute Gasteiger partial charge is 0.423 e. The van der Waals surface area contributed by atoms with Crippen LogP contribution in [-0.4, -0.2) is 104 Å². The van der Waals surface area contributed by atoms with E-state index in [0.29, 0.717) is 58.7 Å². The maximum absolute atomic E-state index is 13.6. The molecule has 0 aliphatic carbocycles. The molecule has 4 heterocycles. The van der Waals surface area contributed by atoms with Crippen LogP contribution in [0.3, 0.4) is 0 Å². The van der Waals surface area contributed by atoms with Crippen LogP contribution in [0.25, 0.3) is 33.2 Å². The van der Waals surface area contributed by atoms with Crippen molar-refractivity contribution in [1.82, 2.24) is 26.5 Å². The van der Waals surface area contributed by atoms with Crippen LogP contribution in [0.15, 0.2) is 154 Å². The van der Waals surface area contributed by atoms with Crippen molar-refractivity contribution < 1.29 is 43.7 Å². The number of rotatable bonds is 14. The Balaban J connectivity index is 0.000000191. The van der Waals surface area contributed by atoms with Crippen LogP contribution in [0.4, 0.5) is 0 Å². The summed E-state index contributed by atoms with van der Waals surface area (Å²) in [4.78, 5) is 8.80. The van der Waals surface area contributed by atoms with E-state index in [1.54, 1.807) is 113 Å². The summed E-state index contributed by atoms with van der Waals surface area (Å²) >= 11 is 14.7. The van der Waals surface area contributed by atoms with E-state index in [9.17, 15) is 33.7 Å². The number of hydrogen-bond donors (Lipinski definition) is 2. The molecule has 0 spiro atoms. The van der Waals surface area contributed by atoms with Crippen molar-refractivity contribution in [2.45, 2.75) is 61.1 Å². The van der Waals surface area contributed by atoms with E-state index in [0.717, 1.165) is 18.7 Å². The third-order valence-corrected chi connectivity index (χ3v) is 20.3. The van der Waals surface area contributed by atoms with Crippen molar-refractivity contribution in [2.75, 3.05) is 26.2 Å². The van der Waals surface area contributed by atoms with Crippen LogP contribution in [0.5, 0.6) is 0 Å². The highest BCUT2D eigenvalue weighted by atomic mass is 127. The molecule has 0 amide bonds. The van der Waals surface area contributed by atoms with E-state index >= 15 is 0 Å². The third kappa shape index (κ3) is 11.5. The Morgan fingerprint density at radius 2 is 0.944 bits per heavy atom. The first kappa shape index (κ1) is 56.6. The van der Waals surface area contributed by atoms with Gasteiger partial charge >= 0.3 is 7.12 Å². The highest BCUT2D eigenvalue weighted by molar-refractivity contribution is 14.1. The van der Waals surface area contributed by atoms with Crippen molar-refractivity contribution in [1.29, 1.82) is 0 Å². The van der Waals surface area contributed by atoms with E-state index in [4.69, 9.17) is 33.2 Å². The van der Waals surface area contributed by atoms with Gasteiger partial charge in [0.2, 0.25) is 20.0 Å². The van der Waals surface area contributed by atoms with Gasteiger partial charge < -0.3 is 10.0 Å². The number of nitrogens with zero attached hydrogens (tertiary/aromatic N) is 6. The Labute approximate surface area is 444 Å². The minimum Gasteiger partial charge on any atom is -0.423 e. The predicted octanol–water partition coefficient (Wildman–Crippen LogP) is 8.17. The van der Waals surface area contributed by atoms with Gasteiger partial charge in [-0.15, -0.1) is 0 Å². The third-order valence-electron chi connectivity index (χ3n) is 11.3. The Morgan fingerprint density at radius 1 is 0.542 bits per heavy atom. The topological polar surface area (TPSA) is 219 Å². The van der Waals surface area contributed by atoms with Gasteiger partial charge in [0.25, 0.3) is 20.0 Å². The summed E-state index contributed by atoms with van der Waals surface area (Å²) in [7, 11) is -17.0. The molecule has 0 atom stereocenters. The van der Waals surface area contributed by atoms with Crippen LogP contribution in [0.2, 0.25) is 10.0 Å². The fourth-order valence-electron chi connectivity index (χ4n) is 7.60. The Kier molecular flexibility index (Phi) is 18.2. The van der Waals surface area contributed by atoms with Crippen molar-refractivity contribution >= 4 is 121 Å². The summed E-state index contributed by atoms with van der Waals surface area (Å²) in [5.41, 5.74) is 3.11. The van der Waals surface area contributed by atoms with Crippen LogP contribution < -0.4 is 5.46 Å². The fraction of sp³-hybridized carbons (Fsp3) is 0.208. The van der Waals surface area contributed by atoms with E-state index in [1.807, 2.05) is 13.8 Å². The van der Waals surface area contributed by atoms with E-state index in [1.165, 1.54) is 61.5 Å². The minimum atomic E-state index is -4.02. The number of aromatic nitrogens is 4. The van der Waals surface area contributed by atoms with Gasteiger partial charge in [-0.2, -0.15) is 8.61 Å². The molecule has 0 aliphatic heterocycles. The van der Waals surface area contributed by atoms with E-state index < -0.39 is 47.2 Å². The van der Waals surface area contributed by atoms with Gasteiger partial charge in [0.1, 0.15) is 0 Å². The molecule has 0 unspecified atom stereocenters. The zero-order valence-corrected chi connectivity index (χ0v) is 46.7. The second-order valence-corrected chi connectivity index (χ2v) is 25.2. The summed E-state index contributed by atoms with van der Waals surface area (Å²) in [6.45, 7) is 12.1. The first-order valence-corrected chi connectivity index (χ1v) is 29.7. The molecule has 0 fully saturated rings. The number of sulfonamides is 2. The molecule has 16 nitrogen and oxygen atoms in total. The van der Waals surface area contributed by atoms with Gasteiger partial charge in [0.15, 0.2) is 11.3 Å². The number of fused-ring (bicyclic) bond motifs is 2. The molecular weight excluding hydrogens is 1160 g/mol. The molecule has 0 aliphatic rings. The van der Waals surface area contributed by atoms with Crippen LogP contribution >= 0.6 is 45.8 Å². The minimum absolute atomic E-state index is 0.000556. The lowest BCUT2D eigenvalue weighted by atomic mass is 9.80. The van der Waals surface area contributed by atoms with Gasteiger partial charge in [0.05, 0.1) is 35.0 Å². The van der Waals surface area contributed by atoms with E-state index in [2.05, 4.69) is 32.6 Å². The number of aryl methyl sites for hydroxylation is 2. The van der Waals surface area contributed by atoms with Gasteiger partial charge in [0, 0.05) is 76.5 Å². The van der Waals surface area contributed by atoms with Crippen LogP contribution in [0.1, 0.15) is 38.8 Å². The summed E-state index contributed by atoms with van der Waals surface area (Å²) in [6, 6.07) is 28.8. The molecular formula is C48H50BCl2IN6O10S4. The molecule has 4 aromatic heterocycles. The van der Waals surface area contributed by atoms with Gasteiger partial charge in [-0.1, -0.05) is 123 Å². The fourth-order valence-corrected chi connectivity index (χ4v) is 15.2. The molecule has 0 saturated heterocycles. The lowest BCUT2D eigenvalue weighted by molar-refractivity contribution is 0.422. The maximum atomic E-state index is 13.6. The predicted molar refractivity (Wildman–Crippen MR) is 292 cm³/mol. The average Bonchev–Trinajstić information content (AvgIpc) is 3.93. The second kappa shape index (κ2) is 23.2. The Morgan fingerprint density at radius 3 is 1.42 bits per heavy atom. The van der Waals surface area contributed by atoms with Gasteiger partial charge in [-0.25, -0.2) is 51.6 Å². The Bertz CT molecular complexity index is 3710. The van der Waals surface area contributed by atoms with Gasteiger partial charge in [-0.3, -0.25) is 0 Å². The summed E-state index contributed by atoms with van der Waals surface area (Å²) in [5, 5.41) is 20.1. The molecule has 0 radical (unpaired) electrons. The standard InChI is InChI=1S/C24H24ClN3O4S2.C14H10ClIN2O2S.C10H16BNO4S/c1-4-27(5-2)34(31,32)22-9-7-6-8-19(22)20-16-28(24-23(20)21(25)14-15-26-24)33(29,30)18-12-10-17(3)11-13-18;1-9-2-4-10(5-3-9)21(19,20)18-8-12(16)13-11(15)6-7-17-14(13)18;1-3-12(4-2)17(15,16)10-8-6-5-7-9(10)11(13)14/h6-16H,4-5H2,1-3H3;2-8H,1H3;5-8,13-14H,3-4H2,1-2H3. The SMILES string of the molecule is CCN(CC)S(=O)(=O)c1ccccc1-c1cn(S(=O)(=O)c2ccc(C)cc2)c2nccc(Cl)c12.CCN(CC)S(=O)(=O)c1ccccc1B(O)O.Cc1ccc(S(=O)(=O)n2cc(I)c3c(Cl)ccnc32)cc1. The molecule has 2 N–H and O–H groups in total. The highest BCUT2D eigenvalue weighted by Gasteiger charge is 2.31. The summed E-state index contributed by atoms with van der Waals surface area (Å²) < 4.78 is 110. The van der Waals surface area contributed by atoms with Crippen molar-refractivity contribution in [3.8, 4) is 11.1 Å². The summed E-state index contributed by atoms with van der Waals surface area (Å²) in [5.74, 6) is 0. The molecule has 72 heavy (non-hydrogen) atoms. The number of halogens is 3. The van der Waals surface area contributed by atoms with Crippen molar-refractivity contribution in [3.05, 3.63) is 159 Å². The van der Waals surface area contributed by atoms with E-state index in [-0.39, 0.29) is 35.7 Å². The molecule has 24 heteroatoms. The molecule has 8 aromatic rings. The largest absolute Gasteiger partial charge is 0.489 e. The maximum Gasteiger partial charge on any atom is 0.489 e. The van der Waals surface area contributed by atoms with Gasteiger partial charge in [-0.05, 0) is 85.0 Å². The number of benzene rings is 4. The number of pyridine rings is 2. The average molecular weight is 1210 g/mol. The first-order valence-electron chi connectivity index (χ1n) is 22.1. The lowest BCUT2D eigenvalue weighted by Crippen LogP contribution is -2.39. The molecule has 0 saturated carbocycles. The summed E-state index contributed by atoms with van der Waals surface area (Å²) in [6.07, 6.45) is 5.87. The van der Waals surface area contributed by atoms with Crippen LogP contribution in [-0.2, 0) is 40.1 Å². The molecule has 8 rings (SSSR count). The molecule has 380 valence electrons.